The number of amides is 1. The zero-order valence-corrected chi connectivity index (χ0v) is 16.8. The van der Waals surface area contributed by atoms with Crippen molar-refractivity contribution in [3.8, 4) is 11.4 Å². The van der Waals surface area contributed by atoms with Crippen LogP contribution in [0.4, 0.5) is 18.9 Å². The number of hydrogen-bond donors (Lipinski definition) is 2. The van der Waals surface area contributed by atoms with Gasteiger partial charge in [0.1, 0.15) is 18.4 Å². The average Bonchev–Trinajstić information content (AvgIpc) is 3.40. The molecule has 4 aromatic rings. The van der Waals surface area contributed by atoms with E-state index in [2.05, 4.69) is 25.4 Å². The minimum atomic E-state index is -4.55. The number of rotatable bonds is 6. The number of carbonyl (C=O) groups excluding carboxylic acids is 1. The minimum absolute atomic E-state index is 0.0275. The smallest absolute Gasteiger partial charge is 0.416 e. The van der Waals surface area contributed by atoms with Gasteiger partial charge in [-0.3, -0.25) is 4.79 Å². The Labute approximate surface area is 177 Å². The SMILES string of the molecule is COc1ccc2nc(SCC(=O)Nc3cc(C(F)(F)F)ccc3-n3cncn3)[nH]c2c1. The Morgan fingerprint density at radius 1 is 1.26 bits per heavy atom. The van der Waals surface area contributed by atoms with Gasteiger partial charge in [0.05, 0.1) is 40.8 Å². The van der Waals surface area contributed by atoms with E-state index in [1.54, 1.807) is 25.3 Å². The van der Waals surface area contributed by atoms with E-state index in [1.165, 1.54) is 23.4 Å². The number of carbonyl (C=O) groups is 1. The summed E-state index contributed by atoms with van der Waals surface area (Å²) in [6.45, 7) is 0. The summed E-state index contributed by atoms with van der Waals surface area (Å²) in [5.41, 5.74) is 0.800. The molecule has 4 rings (SSSR count). The van der Waals surface area contributed by atoms with Crippen LogP contribution in [0.25, 0.3) is 16.7 Å². The summed E-state index contributed by atoms with van der Waals surface area (Å²) in [6, 6.07) is 8.34. The number of ether oxygens (including phenoxy) is 1. The molecule has 0 spiro atoms. The molecule has 0 saturated carbocycles. The Kier molecular flexibility index (Phi) is 5.55. The van der Waals surface area contributed by atoms with Crippen LogP contribution in [0.2, 0.25) is 0 Å². The third-order valence-corrected chi connectivity index (χ3v) is 5.14. The molecule has 0 radical (unpaired) electrons. The Bertz CT molecular complexity index is 1220. The molecule has 2 heterocycles. The molecule has 0 fully saturated rings. The third-order valence-electron chi connectivity index (χ3n) is 4.27. The highest BCUT2D eigenvalue weighted by Gasteiger charge is 2.31. The fourth-order valence-corrected chi connectivity index (χ4v) is 3.51. The van der Waals surface area contributed by atoms with Crippen molar-refractivity contribution in [1.29, 1.82) is 0 Å². The predicted molar refractivity (Wildman–Crippen MR) is 108 cm³/mol. The van der Waals surface area contributed by atoms with Crippen LogP contribution in [0, 0.1) is 0 Å². The first-order chi connectivity index (χ1) is 14.8. The van der Waals surface area contributed by atoms with Crippen molar-refractivity contribution < 1.29 is 22.7 Å². The lowest BCUT2D eigenvalue weighted by atomic mass is 10.1. The molecule has 0 aliphatic heterocycles. The van der Waals surface area contributed by atoms with Gasteiger partial charge in [0, 0.05) is 6.07 Å². The van der Waals surface area contributed by atoms with Crippen LogP contribution in [0.1, 0.15) is 5.56 Å². The zero-order valence-electron chi connectivity index (χ0n) is 16.0. The van der Waals surface area contributed by atoms with Gasteiger partial charge < -0.3 is 15.0 Å². The van der Waals surface area contributed by atoms with Crippen molar-refractivity contribution in [2.24, 2.45) is 0 Å². The van der Waals surface area contributed by atoms with E-state index in [0.29, 0.717) is 16.4 Å². The third kappa shape index (κ3) is 4.63. The lowest BCUT2D eigenvalue weighted by Gasteiger charge is -2.14. The van der Waals surface area contributed by atoms with Crippen molar-refractivity contribution >= 4 is 34.4 Å². The molecule has 2 N–H and O–H groups in total. The van der Waals surface area contributed by atoms with Crippen molar-refractivity contribution in [1.82, 2.24) is 24.7 Å². The minimum Gasteiger partial charge on any atom is -0.497 e. The van der Waals surface area contributed by atoms with Gasteiger partial charge in [-0.25, -0.2) is 14.6 Å². The molecule has 0 atom stereocenters. The number of halogens is 3. The number of anilines is 1. The normalized spacial score (nSPS) is 11.6. The van der Waals surface area contributed by atoms with E-state index < -0.39 is 17.6 Å². The number of methoxy groups -OCH3 is 1. The standard InChI is InChI=1S/C19H15F3N6O2S/c1-30-12-3-4-13-14(7-12)27-18(26-13)31-8-17(29)25-15-6-11(19(20,21)22)2-5-16(15)28-10-23-9-24-28/h2-7,9-10H,8H2,1H3,(H,25,29)(H,26,27). The van der Waals surface area contributed by atoms with Crippen molar-refractivity contribution in [2.75, 3.05) is 18.2 Å². The number of benzene rings is 2. The molecule has 0 bridgehead atoms. The Balaban J connectivity index is 1.51. The maximum atomic E-state index is 13.1. The summed E-state index contributed by atoms with van der Waals surface area (Å²) < 4.78 is 45.8. The van der Waals surface area contributed by atoms with Crippen LogP contribution in [-0.4, -0.2) is 43.5 Å². The van der Waals surface area contributed by atoms with Crippen LogP contribution in [0.15, 0.2) is 54.2 Å². The van der Waals surface area contributed by atoms with Gasteiger partial charge in [0.15, 0.2) is 5.16 Å². The van der Waals surface area contributed by atoms with Crippen molar-refractivity contribution in [3.63, 3.8) is 0 Å². The lowest BCUT2D eigenvalue weighted by Crippen LogP contribution is -2.17. The Hall–Kier alpha value is -3.54. The molecule has 160 valence electrons. The lowest BCUT2D eigenvalue weighted by molar-refractivity contribution is -0.137. The molecule has 1 amide bonds. The number of aromatic amines is 1. The van der Waals surface area contributed by atoms with Crippen LogP contribution in [0.5, 0.6) is 5.75 Å². The summed E-state index contributed by atoms with van der Waals surface area (Å²) in [5, 5.41) is 6.94. The molecule has 0 unspecified atom stereocenters. The first-order valence-corrected chi connectivity index (χ1v) is 9.85. The highest BCUT2D eigenvalue weighted by Crippen LogP contribution is 2.33. The van der Waals surface area contributed by atoms with Gasteiger partial charge in [-0.2, -0.15) is 18.3 Å². The predicted octanol–water partition coefficient (Wildman–Crippen LogP) is 3.90. The summed E-state index contributed by atoms with van der Waals surface area (Å²) in [4.78, 5) is 23.7. The molecule has 0 aliphatic rings. The van der Waals surface area contributed by atoms with Gasteiger partial charge in [-0.1, -0.05) is 11.8 Å². The first kappa shape index (κ1) is 20.7. The highest BCUT2D eigenvalue weighted by atomic mass is 32.2. The number of nitrogens with one attached hydrogen (secondary N) is 2. The number of thioether (sulfide) groups is 1. The van der Waals surface area contributed by atoms with E-state index >= 15 is 0 Å². The topological polar surface area (TPSA) is 97.7 Å². The van der Waals surface area contributed by atoms with E-state index in [9.17, 15) is 18.0 Å². The van der Waals surface area contributed by atoms with Crippen molar-refractivity contribution in [3.05, 3.63) is 54.6 Å². The number of imidazole rings is 1. The molecular weight excluding hydrogens is 433 g/mol. The van der Waals surface area contributed by atoms with Gasteiger partial charge in [-0.15, -0.1) is 0 Å². The summed E-state index contributed by atoms with van der Waals surface area (Å²) in [5.74, 6) is 0.101. The maximum Gasteiger partial charge on any atom is 0.416 e. The van der Waals surface area contributed by atoms with Crippen LogP contribution < -0.4 is 10.1 Å². The Morgan fingerprint density at radius 3 is 2.81 bits per heavy atom. The Morgan fingerprint density at radius 2 is 2.10 bits per heavy atom. The molecule has 8 nitrogen and oxygen atoms in total. The summed E-state index contributed by atoms with van der Waals surface area (Å²) >= 11 is 1.12. The van der Waals surface area contributed by atoms with E-state index in [4.69, 9.17) is 4.74 Å². The second kappa shape index (κ2) is 8.30. The molecule has 31 heavy (non-hydrogen) atoms. The number of hydrogen-bond acceptors (Lipinski definition) is 6. The number of alkyl halides is 3. The van der Waals surface area contributed by atoms with E-state index in [1.807, 2.05) is 0 Å². The zero-order chi connectivity index (χ0) is 22.0. The van der Waals surface area contributed by atoms with E-state index in [0.717, 1.165) is 29.4 Å². The molecule has 12 heteroatoms. The second-order valence-electron chi connectivity index (χ2n) is 6.33. The quantitative estimate of drug-likeness (QED) is 0.434. The number of fused-ring (bicyclic) bond motifs is 1. The van der Waals surface area contributed by atoms with Gasteiger partial charge in [0.25, 0.3) is 0 Å². The fourth-order valence-electron chi connectivity index (χ4n) is 2.83. The molecule has 0 saturated heterocycles. The number of nitrogens with zero attached hydrogens (tertiary/aromatic N) is 4. The van der Waals surface area contributed by atoms with Crippen LogP contribution in [0.3, 0.4) is 0 Å². The first-order valence-electron chi connectivity index (χ1n) is 8.86. The summed E-state index contributed by atoms with van der Waals surface area (Å²) in [6.07, 6.45) is -1.98. The monoisotopic (exact) mass is 448 g/mol. The number of aromatic nitrogens is 5. The largest absolute Gasteiger partial charge is 0.497 e. The molecular formula is C19H15F3N6O2S. The molecule has 2 aromatic carbocycles. The molecule has 2 aromatic heterocycles. The summed E-state index contributed by atoms with van der Waals surface area (Å²) in [7, 11) is 1.55. The van der Waals surface area contributed by atoms with E-state index in [-0.39, 0.29) is 17.1 Å². The average molecular weight is 448 g/mol. The molecule has 0 aliphatic carbocycles. The van der Waals surface area contributed by atoms with Crippen LogP contribution >= 0.6 is 11.8 Å². The van der Waals surface area contributed by atoms with Crippen molar-refractivity contribution in [2.45, 2.75) is 11.3 Å². The van der Waals surface area contributed by atoms with Gasteiger partial charge in [0.2, 0.25) is 5.91 Å². The fraction of sp³-hybridized carbons (Fsp3) is 0.158. The number of H-pyrrole nitrogens is 1. The maximum absolute atomic E-state index is 13.1. The van der Waals surface area contributed by atoms with Gasteiger partial charge >= 0.3 is 6.18 Å². The highest BCUT2D eigenvalue weighted by molar-refractivity contribution is 7.99. The van der Waals surface area contributed by atoms with Gasteiger partial charge in [-0.05, 0) is 30.3 Å². The van der Waals surface area contributed by atoms with Crippen LogP contribution in [-0.2, 0) is 11.0 Å². The second-order valence-corrected chi connectivity index (χ2v) is 7.30.